The highest BCUT2D eigenvalue weighted by Crippen LogP contribution is 2.27. The van der Waals surface area contributed by atoms with E-state index in [1.807, 2.05) is 44.2 Å². The second-order valence-corrected chi connectivity index (χ2v) is 6.90. The number of nitrogens with one attached hydrogen (secondary N) is 1. The van der Waals surface area contributed by atoms with E-state index in [-0.39, 0.29) is 25.1 Å². The van der Waals surface area contributed by atoms with E-state index in [4.69, 9.17) is 25.3 Å². The topological polar surface area (TPSA) is 73.9 Å². The first-order valence-electron chi connectivity index (χ1n) is 8.64. The molecule has 1 amide bonds. The highest BCUT2D eigenvalue weighted by Gasteiger charge is 2.24. The average Bonchev–Trinajstić information content (AvgIpc) is 2.67. The summed E-state index contributed by atoms with van der Waals surface area (Å²) in [6, 6.07) is 12.9. The Morgan fingerprint density at radius 2 is 1.86 bits per heavy atom. The molecule has 0 spiro atoms. The first-order chi connectivity index (χ1) is 13.4. The Bertz CT molecular complexity index is 800. The molecule has 2 rings (SSSR count). The third kappa shape index (κ3) is 6.74. The SMILES string of the molecule is CC(C)Oc1ccc(C(=O)[C@@H](COS)NC(=O)OCc2ccccc2)cc1Cl. The number of hydrogen-bond donors (Lipinski definition) is 2. The molecule has 1 atom stereocenters. The standard InChI is InChI=1S/C20H22ClNO5S/c1-13(2)27-18-9-8-15(10-16(18)21)19(23)17(12-26-28)22-20(24)25-11-14-6-4-3-5-7-14/h3-10,13,17,28H,11-12H2,1-2H3,(H,22,24)/t17-/m1/s1. The molecule has 2 aromatic carbocycles. The molecule has 1 N–H and O–H groups in total. The van der Waals surface area contributed by atoms with E-state index in [2.05, 4.69) is 18.2 Å². The van der Waals surface area contributed by atoms with Crippen molar-refractivity contribution in [2.75, 3.05) is 6.61 Å². The highest BCUT2D eigenvalue weighted by atomic mass is 35.5. The third-order valence-electron chi connectivity index (χ3n) is 3.64. The number of thiol groups is 1. The van der Waals surface area contributed by atoms with E-state index in [9.17, 15) is 9.59 Å². The van der Waals surface area contributed by atoms with Gasteiger partial charge in [0.15, 0.2) is 5.78 Å². The Kier molecular flexibility index (Phi) is 8.63. The van der Waals surface area contributed by atoms with Crippen LogP contribution in [0.15, 0.2) is 48.5 Å². The fourth-order valence-corrected chi connectivity index (χ4v) is 2.74. The van der Waals surface area contributed by atoms with Crippen molar-refractivity contribution in [1.82, 2.24) is 5.32 Å². The molecule has 6 nitrogen and oxygen atoms in total. The fraction of sp³-hybridized carbons (Fsp3) is 0.300. The van der Waals surface area contributed by atoms with E-state index in [1.54, 1.807) is 12.1 Å². The van der Waals surface area contributed by atoms with Gasteiger partial charge in [-0.1, -0.05) is 41.9 Å². The Morgan fingerprint density at radius 3 is 2.46 bits per heavy atom. The predicted molar refractivity (Wildman–Crippen MR) is 110 cm³/mol. The number of halogens is 1. The number of carbonyl (C=O) groups is 2. The van der Waals surface area contributed by atoms with Gasteiger partial charge in [-0.3, -0.25) is 4.79 Å². The Hall–Kier alpha value is -2.22. The summed E-state index contributed by atoms with van der Waals surface area (Å²) >= 11 is 9.87. The minimum Gasteiger partial charge on any atom is -0.489 e. The number of ketones is 1. The van der Waals surface area contributed by atoms with Gasteiger partial charge in [0, 0.05) is 5.56 Å². The maximum atomic E-state index is 12.7. The number of Topliss-reactive ketones (excluding diaryl/α,β-unsaturated/α-hetero) is 1. The van der Waals surface area contributed by atoms with Crippen LogP contribution in [-0.2, 0) is 15.5 Å². The van der Waals surface area contributed by atoms with E-state index in [0.717, 1.165) is 5.56 Å². The molecule has 0 aliphatic rings. The molecule has 0 aliphatic heterocycles. The number of carbonyl (C=O) groups excluding carboxylic acids is 2. The molecule has 0 bridgehead atoms. The molecule has 28 heavy (non-hydrogen) atoms. The lowest BCUT2D eigenvalue weighted by Gasteiger charge is -2.17. The first kappa shape index (κ1) is 22.1. The molecule has 0 heterocycles. The predicted octanol–water partition coefficient (Wildman–Crippen LogP) is 4.47. The first-order valence-corrected chi connectivity index (χ1v) is 9.39. The third-order valence-corrected chi connectivity index (χ3v) is 4.09. The van der Waals surface area contributed by atoms with Crippen LogP contribution in [-0.4, -0.2) is 30.6 Å². The average molecular weight is 424 g/mol. The number of hydrogen-bond acceptors (Lipinski definition) is 6. The number of benzene rings is 2. The fourth-order valence-electron chi connectivity index (χ4n) is 2.37. The molecular weight excluding hydrogens is 402 g/mol. The summed E-state index contributed by atoms with van der Waals surface area (Å²) in [5, 5.41) is 2.80. The van der Waals surface area contributed by atoms with E-state index < -0.39 is 12.1 Å². The maximum absolute atomic E-state index is 12.7. The lowest BCUT2D eigenvalue weighted by Crippen LogP contribution is -2.43. The van der Waals surface area contributed by atoms with Gasteiger partial charge in [-0.2, -0.15) is 0 Å². The quantitative estimate of drug-likeness (QED) is 0.353. The molecule has 8 heteroatoms. The summed E-state index contributed by atoms with van der Waals surface area (Å²) in [4.78, 5) is 24.8. The van der Waals surface area contributed by atoms with Crippen LogP contribution in [0.5, 0.6) is 5.75 Å². The second kappa shape index (κ2) is 10.9. The van der Waals surface area contributed by atoms with Crippen LogP contribution < -0.4 is 10.1 Å². The Labute approximate surface area is 174 Å². The molecule has 0 aliphatic carbocycles. The van der Waals surface area contributed by atoms with Gasteiger partial charge in [-0.05, 0) is 50.5 Å². The molecule has 0 saturated heterocycles. The Morgan fingerprint density at radius 1 is 1.14 bits per heavy atom. The van der Waals surface area contributed by atoms with Crippen molar-refractivity contribution < 1.29 is 23.2 Å². The van der Waals surface area contributed by atoms with Gasteiger partial charge in [0.1, 0.15) is 18.4 Å². The summed E-state index contributed by atoms with van der Waals surface area (Å²) in [5.41, 5.74) is 1.14. The zero-order valence-corrected chi connectivity index (χ0v) is 17.2. The van der Waals surface area contributed by atoms with Gasteiger partial charge < -0.3 is 19.0 Å². The summed E-state index contributed by atoms with van der Waals surface area (Å²) < 4.78 is 15.5. The van der Waals surface area contributed by atoms with Crippen molar-refractivity contribution in [2.24, 2.45) is 0 Å². The van der Waals surface area contributed by atoms with Crippen molar-refractivity contribution in [1.29, 1.82) is 0 Å². The second-order valence-electron chi connectivity index (χ2n) is 6.23. The summed E-state index contributed by atoms with van der Waals surface area (Å²) in [6.45, 7) is 3.70. The minimum atomic E-state index is -0.978. The van der Waals surface area contributed by atoms with Gasteiger partial charge in [0.05, 0.1) is 17.7 Å². The normalized spacial score (nSPS) is 11.8. The smallest absolute Gasteiger partial charge is 0.408 e. The Balaban J connectivity index is 2.02. The molecule has 0 aromatic heterocycles. The minimum absolute atomic E-state index is 0.0505. The summed E-state index contributed by atoms with van der Waals surface area (Å²) in [5.74, 6) is 0.0918. The van der Waals surface area contributed by atoms with Gasteiger partial charge in [-0.25, -0.2) is 4.79 Å². The van der Waals surface area contributed by atoms with Crippen molar-refractivity contribution in [3.63, 3.8) is 0 Å². The number of alkyl carbamates (subject to hydrolysis) is 1. The zero-order valence-electron chi connectivity index (χ0n) is 15.6. The van der Waals surface area contributed by atoms with Crippen molar-refractivity contribution in [3.05, 3.63) is 64.7 Å². The lowest BCUT2D eigenvalue weighted by molar-refractivity contribution is 0.0885. The summed E-state index contributed by atoms with van der Waals surface area (Å²) in [6.07, 6.45) is -0.788. The van der Waals surface area contributed by atoms with Crippen molar-refractivity contribution in [3.8, 4) is 5.75 Å². The lowest BCUT2D eigenvalue weighted by atomic mass is 10.0. The van der Waals surface area contributed by atoms with Gasteiger partial charge in [0.25, 0.3) is 0 Å². The molecular formula is C20H22ClNO5S. The van der Waals surface area contributed by atoms with Crippen molar-refractivity contribution >= 4 is 36.4 Å². The number of amides is 1. The molecule has 0 unspecified atom stereocenters. The highest BCUT2D eigenvalue weighted by molar-refractivity contribution is 7.75. The van der Waals surface area contributed by atoms with Crippen LogP contribution in [0.1, 0.15) is 29.8 Å². The number of rotatable bonds is 9. The van der Waals surface area contributed by atoms with Gasteiger partial charge in [-0.15, -0.1) is 0 Å². The maximum Gasteiger partial charge on any atom is 0.408 e. The molecule has 2 aromatic rings. The van der Waals surface area contributed by atoms with Crippen LogP contribution in [0.3, 0.4) is 0 Å². The molecule has 150 valence electrons. The van der Waals surface area contributed by atoms with Gasteiger partial charge >= 0.3 is 6.09 Å². The largest absolute Gasteiger partial charge is 0.489 e. The van der Waals surface area contributed by atoms with Crippen LogP contribution in [0.2, 0.25) is 5.02 Å². The van der Waals surface area contributed by atoms with Crippen molar-refractivity contribution in [2.45, 2.75) is 32.6 Å². The van der Waals surface area contributed by atoms with E-state index >= 15 is 0 Å². The zero-order chi connectivity index (χ0) is 20.5. The monoisotopic (exact) mass is 423 g/mol. The number of ether oxygens (including phenoxy) is 2. The van der Waals surface area contributed by atoms with Crippen LogP contribution in [0, 0.1) is 0 Å². The molecule has 0 radical (unpaired) electrons. The summed E-state index contributed by atoms with van der Waals surface area (Å²) in [7, 11) is 0. The van der Waals surface area contributed by atoms with E-state index in [0.29, 0.717) is 16.3 Å². The van der Waals surface area contributed by atoms with Crippen LogP contribution in [0.25, 0.3) is 0 Å². The molecule has 0 fully saturated rings. The van der Waals surface area contributed by atoms with Crippen LogP contribution >= 0.6 is 24.5 Å². The van der Waals surface area contributed by atoms with E-state index in [1.165, 1.54) is 6.07 Å². The van der Waals surface area contributed by atoms with Gasteiger partial charge in [0.2, 0.25) is 0 Å². The van der Waals surface area contributed by atoms with Crippen LogP contribution in [0.4, 0.5) is 4.79 Å². The molecule has 0 saturated carbocycles.